The van der Waals surface area contributed by atoms with Gasteiger partial charge in [0.25, 0.3) is 5.56 Å². The van der Waals surface area contributed by atoms with Gasteiger partial charge in [-0.25, -0.2) is 4.98 Å². The fraction of sp³-hybridized carbons (Fsp3) is 0.385. The van der Waals surface area contributed by atoms with Gasteiger partial charge in [0, 0.05) is 37.7 Å². The molecule has 31 heavy (non-hydrogen) atoms. The first kappa shape index (κ1) is 20.0. The largest absolute Gasteiger partial charge is 0.497 e. The van der Waals surface area contributed by atoms with Crippen LogP contribution in [0.15, 0.2) is 65.5 Å². The van der Waals surface area contributed by atoms with Gasteiger partial charge < -0.3 is 4.74 Å². The van der Waals surface area contributed by atoms with Crippen LogP contribution in [0.2, 0.25) is 0 Å². The summed E-state index contributed by atoms with van der Waals surface area (Å²) in [4.78, 5) is 20.3. The van der Waals surface area contributed by atoms with Crippen molar-refractivity contribution in [3.8, 4) is 17.0 Å². The fourth-order valence-corrected chi connectivity index (χ4v) is 5.19. The zero-order chi connectivity index (χ0) is 21.3. The summed E-state index contributed by atoms with van der Waals surface area (Å²) in [6.45, 7) is 3.90. The van der Waals surface area contributed by atoms with E-state index in [1.165, 1.54) is 12.0 Å². The molecule has 5 heteroatoms. The van der Waals surface area contributed by atoms with Crippen LogP contribution in [0.1, 0.15) is 30.7 Å². The molecular formula is C26H29N3O2. The van der Waals surface area contributed by atoms with Crippen LogP contribution in [0.25, 0.3) is 11.3 Å². The van der Waals surface area contributed by atoms with E-state index in [0.717, 1.165) is 68.3 Å². The zero-order valence-corrected chi connectivity index (χ0v) is 18.1. The first-order valence-corrected chi connectivity index (χ1v) is 11.2. The predicted octanol–water partition coefficient (Wildman–Crippen LogP) is 4.15. The van der Waals surface area contributed by atoms with E-state index in [-0.39, 0.29) is 11.0 Å². The fourth-order valence-electron chi connectivity index (χ4n) is 5.19. The normalized spacial score (nSPS) is 21.1. The summed E-state index contributed by atoms with van der Waals surface area (Å²) in [7, 11) is 1.71. The predicted molar refractivity (Wildman–Crippen MR) is 122 cm³/mol. The van der Waals surface area contributed by atoms with Crippen LogP contribution in [0.5, 0.6) is 5.75 Å². The number of nitrogens with zero attached hydrogens (tertiary/aromatic N) is 3. The van der Waals surface area contributed by atoms with Crippen molar-refractivity contribution in [3.05, 3.63) is 82.4 Å². The van der Waals surface area contributed by atoms with Crippen LogP contribution in [-0.2, 0) is 19.5 Å². The minimum atomic E-state index is 0.0761. The van der Waals surface area contributed by atoms with Crippen molar-refractivity contribution in [1.29, 1.82) is 0 Å². The molecule has 1 atom stereocenters. The molecule has 0 aliphatic carbocycles. The van der Waals surface area contributed by atoms with Gasteiger partial charge >= 0.3 is 0 Å². The number of ether oxygens (including phenoxy) is 1. The third kappa shape index (κ3) is 4.15. The molecule has 1 spiro atoms. The molecule has 160 valence electrons. The van der Waals surface area contributed by atoms with E-state index in [2.05, 4.69) is 23.1 Å². The molecule has 5 rings (SSSR count). The summed E-state index contributed by atoms with van der Waals surface area (Å²) in [5.74, 6) is 1.85. The van der Waals surface area contributed by atoms with Gasteiger partial charge in [-0.3, -0.25) is 14.3 Å². The van der Waals surface area contributed by atoms with Crippen LogP contribution in [-0.4, -0.2) is 34.7 Å². The minimum Gasteiger partial charge on any atom is -0.497 e. The molecule has 3 aromatic rings. The molecular weight excluding hydrogens is 386 g/mol. The van der Waals surface area contributed by atoms with E-state index in [1.807, 2.05) is 41.0 Å². The van der Waals surface area contributed by atoms with Crippen molar-refractivity contribution in [3.63, 3.8) is 0 Å². The lowest BCUT2D eigenvalue weighted by Crippen LogP contribution is -2.28. The number of rotatable bonds is 4. The Bertz CT molecular complexity index is 1120. The van der Waals surface area contributed by atoms with Crippen molar-refractivity contribution in [2.24, 2.45) is 5.41 Å². The number of methoxy groups -OCH3 is 1. The van der Waals surface area contributed by atoms with Crippen molar-refractivity contribution >= 4 is 0 Å². The van der Waals surface area contributed by atoms with Crippen molar-refractivity contribution in [2.75, 3.05) is 20.2 Å². The quantitative estimate of drug-likeness (QED) is 0.642. The molecule has 3 heterocycles. The Morgan fingerprint density at radius 2 is 1.84 bits per heavy atom. The highest BCUT2D eigenvalue weighted by Gasteiger charge is 2.39. The maximum Gasteiger partial charge on any atom is 0.254 e. The molecule has 0 N–H and O–H groups in total. The van der Waals surface area contributed by atoms with E-state index < -0.39 is 0 Å². The molecule has 0 amide bonds. The van der Waals surface area contributed by atoms with E-state index in [4.69, 9.17) is 9.72 Å². The smallest absolute Gasteiger partial charge is 0.254 e. The lowest BCUT2D eigenvalue weighted by molar-refractivity contribution is 0.220. The third-order valence-electron chi connectivity index (χ3n) is 6.96. The molecule has 2 aliphatic heterocycles. The van der Waals surface area contributed by atoms with Gasteiger partial charge in [0.1, 0.15) is 11.6 Å². The Hall–Kier alpha value is -2.92. The topological polar surface area (TPSA) is 47.4 Å². The Morgan fingerprint density at radius 1 is 1.00 bits per heavy atom. The average Bonchev–Trinajstić information content (AvgIpc) is 3.10. The number of likely N-dealkylation sites (tertiary alicyclic amines) is 1. The first-order chi connectivity index (χ1) is 15.1. The van der Waals surface area contributed by atoms with E-state index in [9.17, 15) is 4.79 Å². The maximum absolute atomic E-state index is 12.9. The van der Waals surface area contributed by atoms with Gasteiger partial charge in [-0.15, -0.1) is 0 Å². The van der Waals surface area contributed by atoms with E-state index in [0.29, 0.717) is 0 Å². The molecule has 1 aromatic heterocycles. The monoisotopic (exact) mass is 415 g/mol. The molecule has 5 nitrogen and oxygen atoms in total. The van der Waals surface area contributed by atoms with Gasteiger partial charge in [0.2, 0.25) is 0 Å². The molecule has 0 radical (unpaired) electrons. The van der Waals surface area contributed by atoms with Gasteiger partial charge in [-0.05, 0) is 48.9 Å². The molecule has 2 aromatic carbocycles. The van der Waals surface area contributed by atoms with Crippen LogP contribution in [0.4, 0.5) is 0 Å². The number of hydrogen-bond donors (Lipinski definition) is 0. The van der Waals surface area contributed by atoms with Gasteiger partial charge in [0.15, 0.2) is 0 Å². The summed E-state index contributed by atoms with van der Waals surface area (Å²) in [6, 6.07) is 20.1. The Balaban J connectivity index is 1.32. The lowest BCUT2D eigenvalue weighted by atomic mass is 9.80. The second-order valence-corrected chi connectivity index (χ2v) is 8.98. The molecule has 0 unspecified atom stereocenters. The van der Waals surface area contributed by atoms with Crippen LogP contribution < -0.4 is 10.3 Å². The first-order valence-electron chi connectivity index (χ1n) is 11.2. The summed E-state index contributed by atoms with van der Waals surface area (Å²) >= 11 is 0. The molecule has 0 saturated carbocycles. The zero-order valence-electron chi connectivity index (χ0n) is 18.1. The van der Waals surface area contributed by atoms with Gasteiger partial charge in [0.05, 0.1) is 12.8 Å². The molecule has 0 bridgehead atoms. The highest BCUT2D eigenvalue weighted by atomic mass is 16.5. The second kappa shape index (κ2) is 8.31. The number of hydrogen-bond acceptors (Lipinski definition) is 4. The van der Waals surface area contributed by atoms with Crippen LogP contribution >= 0.6 is 0 Å². The number of aromatic nitrogens is 2. The maximum atomic E-state index is 12.9. The van der Waals surface area contributed by atoms with Crippen molar-refractivity contribution in [1.82, 2.24) is 14.5 Å². The van der Waals surface area contributed by atoms with Gasteiger partial charge in [-0.2, -0.15) is 0 Å². The summed E-state index contributed by atoms with van der Waals surface area (Å²) in [5.41, 5.74) is 3.43. The number of fused-ring (bicyclic) bond motifs is 1. The minimum absolute atomic E-state index is 0.0761. The Kier molecular flexibility index (Phi) is 5.36. The highest BCUT2D eigenvalue weighted by Crippen LogP contribution is 2.41. The molecule has 2 aliphatic rings. The standard InChI is InChI=1S/C26H29N3O2/c1-31-22-9-5-6-20(16-22)18-28-14-12-26(19-28)11-10-24-27-23(21-7-3-2-4-8-21)17-25(30)29(24)15-13-26/h2-9,16-17H,10-15,18-19H2,1H3/t26-/m0/s1. The van der Waals surface area contributed by atoms with E-state index >= 15 is 0 Å². The number of aryl methyl sites for hydroxylation is 1. The molecule has 1 fully saturated rings. The third-order valence-corrected chi connectivity index (χ3v) is 6.96. The highest BCUT2D eigenvalue weighted by molar-refractivity contribution is 5.58. The van der Waals surface area contributed by atoms with Gasteiger partial charge in [-0.1, -0.05) is 42.5 Å². The average molecular weight is 416 g/mol. The van der Waals surface area contributed by atoms with Crippen molar-refractivity contribution in [2.45, 2.75) is 38.8 Å². The van der Waals surface area contributed by atoms with Crippen molar-refractivity contribution < 1.29 is 4.74 Å². The van der Waals surface area contributed by atoms with E-state index in [1.54, 1.807) is 13.2 Å². The van der Waals surface area contributed by atoms with Crippen LogP contribution in [0, 0.1) is 5.41 Å². The second-order valence-electron chi connectivity index (χ2n) is 8.98. The molecule has 1 saturated heterocycles. The summed E-state index contributed by atoms with van der Waals surface area (Å²) < 4.78 is 7.29. The Labute approximate surface area is 183 Å². The lowest BCUT2D eigenvalue weighted by Gasteiger charge is -2.27. The number of benzene rings is 2. The summed E-state index contributed by atoms with van der Waals surface area (Å²) in [6.07, 6.45) is 4.18. The summed E-state index contributed by atoms with van der Waals surface area (Å²) in [5, 5.41) is 0. The SMILES string of the molecule is COc1cccc(CN2CC[C@]3(CCc4nc(-c5ccccc5)cc(=O)n4CC3)C2)c1. The van der Waals surface area contributed by atoms with Crippen LogP contribution in [0.3, 0.4) is 0 Å². The Morgan fingerprint density at radius 3 is 2.68 bits per heavy atom.